The number of fused-ring (bicyclic) bond motifs is 1. The molecule has 0 aliphatic carbocycles. The van der Waals surface area contributed by atoms with Crippen LogP contribution < -0.4 is 10.1 Å². The maximum atomic E-state index is 13.5. The van der Waals surface area contributed by atoms with Crippen molar-refractivity contribution >= 4 is 21.6 Å². The lowest BCUT2D eigenvalue weighted by Gasteiger charge is -2.18. The van der Waals surface area contributed by atoms with Gasteiger partial charge >= 0.3 is 0 Å². The number of nitrogens with one attached hydrogen (secondary N) is 1. The molecule has 2 aromatic heterocycles. The van der Waals surface area contributed by atoms with Crippen molar-refractivity contribution in [2.24, 2.45) is 0 Å². The lowest BCUT2D eigenvalue weighted by atomic mass is 10.0. The molecule has 1 aliphatic rings. The van der Waals surface area contributed by atoms with Crippen LogP contribution >= 0.6 is 0 Å². The maximum absolute atomic E-state index is 13.5. The minimum absolute atomic E-state index is 0.0716. The van der Waals surface area contributed by atoms with Gasteiger partial charge in [-0.1, -0.05) is 36.4 Å². The summed E-state index contributed by atoms with van der Waals surface area (Å²) in [6, 6.07) is 17.0. The molecule has 9 nitrogen and oxygen atoms in total. The molecule has 0 radical (unpaired) electrons. The molecule has 0 bridgehead atoms. The summed E-state index contributed by atoms with van der Waals surface area (Å²) in [4.78, 5) is 18.2. The quantitative estimate of drug-likeness (QED) is 0.315. The number of hydrogen-bond donors (Lipinski definition) is 1. The molecule has 1 fully saturated rings. The molecule has 39 heavy (non-hydrogen) atoms. The van der Waals surface area contributed by atoms with E-state index in [4.69, 9.17) is 9.72 Å². The molecular weight excluding hydrogens is 514 g/mol. The highest BCUT2D eigenvalue weighted by Crippen LogP contribution is 2.36. The molecule has 4 aromatic rings. The third-order valence-electron chi connectivity index (χ3n) is 7.02. The zero-order valence-electron chi connectivity index (χ0n) is 22.5. The van der Waals surface area contributed by atoms with Gasteiger partial charge in [0.2, 0.25) is 10.0 Å². The number of ether oxygens (including phenoxy) is 1. The first-order valence-corrected chi connectivity index (χ1v) is 14.6. The number of carbonyl (C=O) groups is 1. The Hall–Kier alpha value is -3.76. The van der Waals surface area contributed by atoms with E-state index in [1.54, 1.807) is 22.7 Å². The molecule has 204 valence electrons. The van der Waals surface area contributed by atoms with Gasteiger partial charge in [0.25, 0.3) is 5.91 Å². The van der Waals surface area contributed by atoms with E-state index in [0.29, 0.717) is 36.4 Å². The predicted molar refractivity (Wildman–Crippen MR) is 150 cm³/mol. The molecule has 3 heterocycles. The number of methoxy groups -OCH3 is 1. The normalized spacial score (nSPS) is 14.1. The largest absolute Gasteiger partial charge is 0.495 e. The summed E-state index contributed by atoms with van der Waals surface area (Å²) in [6.45, 7) is 5.21. The number of carbonyl (C=O) groups excluding carboxylic acids is 1. The third kappa shape index (κ3) is 5.39. The van der Waals surface area contributed by atoms with Crippen LogP contribution in [0.15, 0.2) is 59.5 Å². The van der Waals surface area contributed by atoms with Gasteiger partial charge in [-0.25, -0.2) is 17.9 Å². The molecule has 0 unspecified atom stereocenters. The van der Waals surface area contributed by atoms with E-state index in [1.807, 2.05) is 38.1 Å². The van der Waals surface area contributed by atoms with Crippen LogP contribution in [0, 0.1) is 13.8 Å². The standard InChI is InChI=1S/C29H33N5O4S/c1-20-18-21(2)34-28(31-20)26(27(32-34)29(35)30-15-9-12-22-10-5-4-6-11-22)23-13-14-24(38-3)25(19-23)39(36,37)33-16-7-8-17-33/h4-6,10-11,13-14,18-19H,7-9,12,15-17H2,1-3H3,(H,30,35). The average molecular weight is 548 g/mol. The number of aromatic nitrogens is 3. The second kappa shape index (κ2) is 11.2. The minimum atomic E-state index is -3.78. The zero-order valence-corrected chi connectivity index (χ0v) is 23.3. The van der Waals surface area contributed by atoms with Gasteiger partial charge in [-0.15, -0.1) is 0 Å². The summed E-state index contributed by atoms with van der Waals surface area (Å²) in [5.74, 6) is -0.0743. The number of hydrogen-bond acceptors (Lipinski definition) is 6. The number of aryl methyl sites for hydroxylation is 3. The Labute approximate surface area is 228 Å². The van der Waals surface area contributed by atoms with E-state index in [0.717, 1.165) is 37.1 Å². The third-order valence-corrected chi connectivity index (χ3v) is 8.94. The molecule has 5 rings (SSSR count). The van der Waals surface area contributed by atoms with E-state index >= 15 is 0 Å². The second-order valence-electron chi connectivity index (χ2n) is 9.82. The van der Waals surface area contributed by atoms with Gasteiger partial charge in [0, 0.05) is 31.0 Å². The van der Waals surface area contributed by atoms with Crippen LogP contribution in [0.3, 0.4) is 0 Å². The highest BCUT2D eigenvalue weighted by molar-refractivity contribution is 7.89. The maximum Gasteiger partial charge on any atom is 0.272 e. The van der Waals surface area contributed by atoms with Crippen molar-refractivity contribution in [3.05, 3.63) is 77.2 Å². The monoisotopic (exact) mass is 547 g/mol. The molecule has 0 atom stereocenters. The first kappa shape index (κ1) is 26.8. The highest BCUT2D eigenvalue weighted by atomic mass is 32.2. The second-order valence-corrected chi connectivity index (χ2v) is 11.7. The molecule has 1 saturated heterocycles. The lowest BCUT2D eigenvalue weighted by Crippen LogP contribution is -2.28. The van der Waals surface area contributed by atoms with Crippen molar-refractivity contribution in [1.29, 1.82) is 0 Å². The number of sulfonamides is 1. The van der Waals surface area contributed by atoms with Crippen LogP contribution in [-0.4, -0.2) is 60.0 Å². The van der Waals surface area contributed by atoms with Crippen LogP contribution in [0.2, 0.25) is 0 Å². The first-order valence-electron chi connectivity index (χ1n) is 13.2. The topological polar surface area (TPSA) is 106 Å². The van der Waals surface area contributed by atoms with E-state index in [-0.39, 0.29) is 22.2 Å². The summed E-state index contributed by atoms with van der Waals surface area (Å²) in [6.07, 6.45) is 3.27. The molecule has 0 saturated carbocycles. The van der Waals surface area contributed by atoms with Crippen LogP contribution in [0.5, 0.6) is 5.75 Å². The molecule has 0 spiro atoms. The first-order chi connectivity index (χ1) is 18.8. The summed E-state index contributed by atoms with van der Waals surface area (Å²) in [5, 5.41) is 7.62. The molecular formula is C29H33N5O4S. The molecule has 1 amide bonds. The Morgan fingerprint density at radius 1 is 1.05 bits per heavy atom. The van der Waals surface area contributed by atoms with Crippen molar-refractivity contribution in [3.63, 3.8) is 0 Å². The van der Waals surface area contributed by atoms with Crippen LogP contribution in [0.1, 0.15) is 46.7 Å². The van der Waals surface area contributed by atoms with Gasteiger partial charge in [-0.2, -0.15) is 9.40 Å². The van der Waals surface area contributed by atoms with Crippen molar-refractivity contribution in [3.8, 4) is 16.9 Å². The zero-order chi connectivity index (χ0) is 27.6. The number of amides is 1. The number of rotatable bonds is 9. The van der Waals surface area contributed by atoms with Gasteiger partial charge in [-0.3, -0.25) is 4.79 Å². The summed E-state index contributed by atoms with van der Waals surface area (Å²) in [7, 11) is -2.33. The van der Waals surface area contributed by atoms with Crippen molar-refractivity contribution in [1.82, 2.24) is 24.2 Å². The van der Waals surface area contributed by atoms with Gasteiger partial charge < -0.3 is 10.1 Å². The summed E-state index contributed by atoms with van der Waals surface area (Å²) >= 11 is 0. The van der Waals surface area contributed by atoms with E-state index < -0.39 is 10.0 Å². The Morgan fingerprint density at radius 2 is 1.79 bits per heavy atom. The van der Waals surface area contributed by atoms with E-state index in [9.17, 15) is 13.2 Å². The van der Waals surface area contributed by atoms with Crippen molar-refractivity contribution in [2.75, 3.05) is 26.7 Å². The van der Waals surface area contributed by atoms with Gasteiger partial charge in [0.05, 0.1) is 12.7 Å². The molecule has 10 heteroatoms. The Morgan fingerprint density at radius 3 is 2.51 bits per heavy atom. The van der Waals surface area contributed by atoms with Crippen LogP contribution in [0.4, 0.5) is 0 Å². The van der Waals surface area contributed by atoms with Crippen molar-refractivity contribution in [2.45, 2.75) is 44.4 Å². The van der Waals surface area contributed by atoms with Crippen LogP contribution in [-0.2, 0) is 16.4 Å². The van der Waals surface area contributed by atoms with Gasteiger partial charge in [-0.05, 0) is 68.9 Å². The Bertz CT molecular complexity index is 1610. The summed E-state index contributed by atoms with van der Waals surface area (Å²) in [5.41, 5.74) is 4.52. The SMILES string of the molecule is COc1ccc(-c2c(C(=O)NCCCc3ccccc3)nn3c(C)cc(C)nc23)cc1S(=O)(=O)N1CCCC1. The van der Waals surface area contributed by atoms with E-state index in [1.165, 1.54) is 17.0 Å². The fourth-order valence-corrected chi connectivity index (χ4v) is 6.77. The molecule has 1 aliphatic heterocycles. The lowest BCUT2D eigenvalue weighted by molar-refractivity contribution is 0.0948. The van der Waals surface area contributed by atoms with Crippen molar-refractivity contribution < 1.29 is 17.9 Å². The summed E-state index contributed by atoms with van der Waals surface area (Å²) < 4.78 is 35.7. The minimum Gasteiger partial charge on any atom is -0.495 e. The predicted octanol–water partition coefficient (Wildman–Crippen LogP) is 4.17. The van der Waals surface area contributed by atoms with Gasteiger partial charge in [0.1, 0.15) is 10.6 Å². The average Bonchev–Trinajstić information content (AvgIpc) is 3.61. The van der Waals surface area contributed by atoms with Crippen LogP contribution in [0.25, 0.3) is 16.8 Å². The molecule has 1 N–H and O–H groups in total. The smallest absolute Gasteiger partial charge is 0.272 e. The Kier molecular flexibility index (Phi) is 7.67. The number of benzene rings is 2. The number of nitrogens with zero attached hydrogens (tertiary/aromatic N) is 4. The van der Waals surface area contributed by atoms with E-state index in [2.05, 4.69) is 22.5 Å². The Balaban J connectivity index is 1.54. The van der Waals surface area contributed by atoms with Gasteiger partial charge in [0.15, 0.2) is 11.3 Å². The fraction of sp³-hybridized carbons (Fsp3) is 0.345. The highest BCUT2D eigenvalue weighted by Gasteiger charge is 2.31. The molecule has 2 aromatic carbocycles. The fourth-order valence-electron chi connectivity index (χ4n) is 5.07.